The molecule has 1 aliphatic heterocycles. The van der Waals surface area contributed by atoms with Crippen molar-refractivity contribution in [1.82, 2.24) is 10.2 Å². The van der Waals surface area contributed by atoms with Crippen LogP contribution in [-0.2, 0) is 0 Å². The van der Waals surface area contributed by atoms with Gasteiger partial charge in [0.1, 0.15) is 5.75 Å². The summed E-state index contributed by atoms with van der Waals surface area (Å²) in [5.41, 5.74) is 0.750. The minimum absolute atomic E-state index is 0.582. The van der Waals surface area contributed by atoms with Gasteiger partial charge in [-0.25, -0.2) is 0 Å². The molecule has 0 radical (unpaired) electrons. The van der Waals surface area contributed by atoms with Gasteiger partial charge in [-0.05, 0) is 74.9 Å². The van der Waals surface area contributed by atoms with Crippen molar-refractivity contribution in [2.75, 3.05) is 32.0 Å². The number of hydrogen-bond donors (Lipinski definition) is 2. The molecule has 4 nitrogen and oxygen atoms in total. The third kappa shape index (κ3) is 5.59. The third-order valence-corrected chi connectivity index (χ3v) is 4.92. The maximum absolute atomic E-state index is 6.15. The summed E-state index contributed by atoms with van der Waals surface area (Å²) in [7, 11) is 2.17. The molecule has 2 aromatic carbocycles. The van der Waals surface area contributed by atoms with Gasteiger partial charge in [0.15, 0.2) is 10.9 Å². The Hall–Kier alpha value is -1.82. The van der Waals surface area contributed by atoms with E-state index in [9.17, 15) is 0 Å². The molecule has 0 unspecified atom stereocenters. The number of benzene rings is 2. The van der Waals surface area contributed by atoms with Crippen LogP contribution < -0.4 is 15.4 Å². The lowest BCUT2D eigenvalue weighted by atomic mass is 9.99. The van der Waals surface area contributed by atoms with Crippen LogP contribution in [0, 0.1) is 5.92 Å². The predicted octanol–water partition coefficient (Wildman–Crippen LogP) is 4.76. The smallest absolute Gasteiger partial charge is 0.170 e. The number of piperidine rings is 1. The van der Waals surface area contributed by atoms with Crippen LogP contribution in [0.15, 0.2) is 48.5 Å². The van der Waals surface area contributed by atoms with E-state index in [-0.39, 0.29) is 0 Å². The summed E-state index contributed by atoms with van der Waals surface area (Å²) in [5.74, 6) is 2.07. The molecule has 0 spiro atoms. The summed E-state index contributed by atoms with van der Waals surface area (Å²) in [6.45, 7) is 3.16. The van der Waals surface area contributed by atoms with Crippen molar-refractivity contribution in [3.63, 3.8) is 0 Å². The van der Waals surface area contributed by atoms with Crippen LogP contribution in [0.25, 0.3) is 0 Å². The molecule has 1 atom stereocenters. The van der Waals surface area contributed by atoms with E-state index in [4.69, 9.17) is 28.6 Å². The van der Waals surface area contributed by atoms with Crippen molar-refractivity contribution >= 4 is 34.6 Å². The fraction of sp³-hybridized carbons (Fsp3) is 0.350. The molecular weight excluding hydrogens is 366 g/mol. The fourth-order valence-electron chi connectivity index (χ4n) is 3.15. The topological polar surface area (TPSA) is 36.5 Å². The van der Waals surface area contributed by atoms with E-state index in [0.29, 0.717) is 21.8 Å². The van der Waals surface area contributed by atoms with Crippen molar-refractivity contribution < 1.29 is 4.74 Å². The van der Waals surface area contributed by atoms with Gasteiger partial charge in [0.25, 0.3) is 0 Å². The SMILES string of the molecule is CN1CCC[C@H](CNC(=S)Nc2cc(Cl)ccc2Oc2ccccc2)C1. The summed E-state index contributed by atoms with van der Waals surface area (Å²) in [6.07, 6.45) is 2.48. The molecule has 138 valence electrons. The van der Waals surface area contributed by atoms with Gasteiger partial charge in [0.05, 0.1) is 5.69 Å². The Morgan fingerprint density at radius 3 is 2.85 bits per heavy atom. The van der Waals surface area contributed by atoms with E-state index in [1.807, 2.05) is 42.5 Å². The van der Waals surface area contributed by atoms with E-state index < -0.39 is 0 Å². The Balaban J connectivity index is 1.61. The molecule has 1 aliphatic rings. The van der Waals surface area contributed by atoms with Gasteiger partial charge in [-0.15, -0.1) is 0 Å². The zero-order chi connectivity index (χ0) is 18.4. The number of thiocarbonyl (C=S) groups is 1. The lowest BCUT2D eigenvalue weighted by Crippen LogP contribution is -2.40. The number of ether oxygens (including phenoxy) is 1. The number of nitrogens with one attached hydrogen (secondary N) is 2. The highest BCUT2D eigenvalue weighted by molar-refractivity contribution is 7.80. The Bertz CT molecular complexity index is 741. The molecule has 3 rings (SSSR count). The minimum atomic E-state index is 0.582. The maximum atomic E-state index is 6.15. The number of nitrogens with zero attached hydrogens (tertiary/aromatic N) is 1. The van der Waals surface area contributed by atoms with Crippen LogP contribution in [0.5, 0.6) is 11.5 Å². The van der Waals surface area contributed by atoms with Gasteiger partial charge >= 0.3 is 0 Å². The monoisotopic (exact) mass is 389 g/mol. The van der Waals surface area contributed by atoms with E-state index in [2.05, 4.69) is 22.6 Å². The molecule has 2 aromatic rings. The van der Waals surface area contributed by atoms with Crippen LogP contribution >= 0.6 is 23.8 Å². The number of likely N-dealkylation sites (tertiary alicyclic amines) is 1. The zero-order valence-corrected chi connectivity index (χ0v) is 16.4. The molecule has 6 heteroatoms. The molecule has 0 amide bonds. The standard InChI is InChI=1S/C20H24ClN3OS/c1-24-11-5-6-15(14-24)13-22-20(26)23-18-12-16(21)9-10-19(18)25-17-7-3-2-4-8-17/h2-4,7-10,12,15H,5-6,11,13-14H2,1H3,(H2,22,23,26)/t15-/m1/s1. The third-order valence-electron chi connectivity index (χ3n) is 4.43. The van der Waals surface area contributed by atoms with Crippen LogP contribution in [0.1, 0.15) is 12.8 Å². The van der Waals surface area contributed by atoms with Gasteiger partial charge in [-0.3, -0.25) is 0 Å². The minimum Gasteiger partial charge on any atom is -0.455 e. The molecule has 1 fully saturated rings. The van der Waals surface area contributed by atoms with E-state index >= 15 is 0 Å². The molecule has 0 bridgehead atoms. The van der Waals surface area contributed by atoms with Crippen LogP contribution in [0.4, 0.5) is 5.69 Å². The first-order valence-corrected chi connectivity index (χ1v) is 9.64. The first-order chi connectivity index (χ1) is 12.6. The number of hydrogen-bond acceptors (Lipinski definition) is 3. The van der Waals surface area contributed by atoms with E-state index in [1.54, 1.807) is 6.07 Å². The number of anilines is 1. The first kappa shape index (κ1) is 19.0. The summed E-state index contributed by atoms with van der Waals surface area (Å²) in [5, 5.41) is 7.76. The van der Waals surface area contributed by atoms with Crippen molar-refractivity contribution in [3.8, 4) is 11.5 Å². The van der Waals surface area contributed by atoms with Crippen molar-refractivity contribution in [3.05, 3.63) is 53.6 Å². The Morgan fingerprint density at radius 1 is 1.27 bits per heavy atom. The van der Waals surface area contributed by atoms with Gasteiger partial charge in [-0.2, -0.15) is 0 Å². The van der Waals surface area contributed by atoms with Crippen molar-refractivity contribution in [2.45, 2.75) is 12.8 Å². The lowest BCUT2D eigenvalue weighted by molar-refractivity contribution is 0.211. The summed E-state index contributed by atoms with van der Waals surface area (Å²) in [4.78, 5) is 2.37. The van der Waals surface area contributed by atoms with Gasteiger partial charge < -0.3 is 20.3 Å². The van der Waals surface area contributed by atoms with E-state index in [0.717, 1.165) is 24.5 Å². The average Bonchev–Trinajstić information content (AvgIpc) is 2.63. The molecule has 2 N–H and O–H groups in total. The molecule has 1 heterocycles. The summed E-state index contributed by atoms with van der Waals surface area (Å²) in [6, 6.07) is 15.1. The summed E-state index contributed by atoms with van der Waals surface area (Å²) < 4.78 is 5.96. The van der Waals surface area contributed by atoms with Crippen LogP contribution in [0.3, 0.4) is 0 Å². The highest BCUT2D eigenvalue weighted by Gasteiger charge is 2.17. The second-order valence-corrected chi connectivity index (χ2v) is 7.51. The number of halogens is 1. The summed E-state index contributed by atoms with van der Waals surface area (Å²) >= 11 is 11.6. The zero-order valence-electron chi connectivity index (χ0n) is 14.9. The van der Waals surface area contributed by atoms with Crippen molar-refractivity contribution in [1.29, 1.82) is 0 Å². The van der Waals surface area contributed by atoms with Gasteiger partial charge in [0.2, 0.25) is 0 Å². The highest BCUT2D eigenvalue weighted by Crippen LogP contribution is 2.32. The molecule has 26 heavy (non-hydrogen) atoms. The number of rotatable bonds is 5. The second-order valence-electron chi connectivity index (χ2n) is 6.66. The molecule has 0 saturated carbocycles. The van der Waals surface area contributed by atoms with Gasteiger partial charge in [0, 0.05) is 18.1 Å². The highest BCUT2D eigenvalue weighted by atomic mass is 35.5. The number of para-hydroxylation sites is 1. The Labute approximate surface area is 165 Å². The molecule has 0 aliphatic carbocycles. The Morgan fingerprint density at radius 2 is 2.08 bits per heavy atom. The largest absolute Gasteiger partial charge is 0.455 e. The normalized spacial score (nSPS) is 17.5. The second kappa shape index (κ2) is 9.21. The average molecular weight is 390 g/mol. The van der Waals surface area contributed by atoms with Crippen LogP contribution in [0.2, 0.25) is 5.02 Å². The quantitative estimate of drug-likeness (QED) is 0.721. The van der Waals surface area contributed by atoms with Crippen molar-refractivity contribution in [2.24, 2.45) is 5.92 Å². The Kier molecular flexibility index (Phi) is 6.72. The fourth-order valence-corrected chi connectivity index (χ4v) is 3.51. The molecular formula is C20H24ClN3OS. The molecule has 1 saturated heterocycles. The van der Waals surface area contributed by atoms with Crippen LogP contribution in [-0.4, -0.2) is 36.7 Å². The van der Waals surface area contributed by atoms with E-state index in [1.165, 1.54) is 19.4 Å². The predicted molar refractivity (Wildman–Crippen MR) is 112 cm³/mol. The first-order valence-electron chi connectivity index (χ1n) is 8.86. The molecule has 0 aromatic heterocycles. The maximum Gasteiger partial charge on any atom is 0.170 e. The lowest BCUT2D eigenvalue weighted by Gasteiger charge is -2.30. The van der Waals surface area contributed by atoms with Gasteiger partial charge in [-0.1, -0.05) is 29.8 Å².